The molecule has 1 aromatic rings. The Morgan fingerprint density at radius 2 is 2.24 bits per heavy atom. The summed E-state index contributed by atoms with van der Waals surface area (Å²) in [4.78, 5) is 43.0. The SMILES string of the molecule is CCOC(=O)N1CCC(N2C(=O)c3cccnc3C2=O)C1. The maximum atomic E-state index is 12.3. The maximum absolute atomic E-state index is 12.3. The van der Waals surface area contributed by atoms with Crippen molar-refractivity contribution in [2.45, 2.75) is 19.4 Å². The maximum Gasteiger partial charge on any atom is 0.409 e. The smallest absolute Gasteiger partial charge is 0.409 e. The average Bonchev–Trinajstić information content (AvgIpc) is 3.05. The van der Waals surface area contributed by atoms with E-state index in [1.165, 1.54) is 16.0 Å². The predicted molar refractivity (Wildman–Crippen MR) is 71.7 cm³/mol. The first kappa shape index (κ1) is 13.5. The number of hydrogen-bond donors (Lipinski definition) is 0. The number of likely N-dealkylation sites (tertiary alicyclic amines) is 1. The van der Waals surface area contributed by atoms with Crippen LogP contribution in [0.3, 0.4) is 0 Å². The fourth-order valence-corrected chi connectivity index (χ4v) is 2.75. The lowest BCUT2D eigenvalue weighted by Crippen LogP contribution is -2.42. The Bertz CT molecular complexity index is 581. The van der Waals surface area contributed by atoms with Crippen LogP contribution in [0.25, 0.3) is 0 Å². The van der Waals surface area contributed by atoms with Gasteiger partial charge in [0.15, 0.2) is 0 Å². The molecule has 0 aliphatic carbocycles. The zero-order chi connectivity index (χ0) is 15.0. The molecule has 1 atom stereocenters. The fourth-order valence-electron chi connectivity index (χ4n) is 2.75. The molecule has 7 nitrogen and oxygen atoms in total. The van der Waals surface area contributed by atoms with E-state index in [2.05, 4.69) is 4.98 Å². The van der Waals surface area contributed by atoms with Crippen LogP contribution < -0.4 is 0 Å². The molecule has 2 aliphatic heterocycles. The molecule has 21 heavy (non-hydrogen) atoms. The van der Waals surface area contributed by atoms with Crippen molar-refractivity contribution < 1.29 is 19.1 Å². The topological polar surface area (TPSA) is 79.8 Å². The quantitative estimate of drug-likeness (QED) is 0.756. The molecule has 7 heteroatoms. The van der Waals surface area contributed by atoms with Crippen molar-refractivity contribution in [3.8, 4) is 0 Å². The second-order valence-corrected chi connectivity index (χ2v) is 4.97. The van der Waals surface area contributed by atoms with Crippen molar-refractivity contribution in [3.05, 3.63) is 29.6 Å². The van der Waals surface area contributed by atoms with Crippen molar-refractivity contribution in [1.29, 1.82) is 0 Å². The molecule has 0 N–H and O–H groups in total. The molecule has 3 rings (SSSR count). The van der Waals surface area contributed by atoms with Crippen molar-refractivity contribution >= 4 is 17.9 Å². The first-order valence-electron chi connectivity index (χ1n) is 6.88. The second-order valence-electron chi connectivity index (χ2n) is 4.97. The summed E-state index contributed by atoms with van der Waals surface area (Å²) in [7, 11) is 0. The van der Waals surface area contributed by atoms with Gasteiger partial charge in [-0.2, -0.15) is 0 Å². The lowest BCUT2D eigenvalue weighted by Gasteiger charge is -2.22. The molecule has 1 fully saturated rings. The predicted octanol–water partition coefficient (Wildman–Crippen LogP) is 0.908. The summed E-state index contributed by atoms with van der Waals surface area (Å²) in [5.74, 6) is -0.717. The number of pyridine rings is 1. The Morgan fingerprint density at radius 3 is 2.95 bits per heavy atom. The van der Waals surface area contributed by atoms with Crippen LogP contribution in [-0.4, -0.2) is 58.4 Å². The van der Waals surface area contributed by atoms with Crippen molar-refractivity contribution in [2.75, 3.05) is 19.7 Å². The molecular formula is C14H15N3O4. The van der Waals surface area contributed by atoms with Crippen LogP contribution in [0.4, 0.5) is 4.79 Å². The monoisotopic (exact) mass is 289 g/mol. The fraction of sp³-hybridized carbons (Fsp3) is 0.429. The second kappa shape index (κ2) is 5.16. The van der Waals surface area contributed by atoms with Gasteiger partial charge in [0.2, 0.25) is 0 Å². The van der Waals surface area contributed by atoms with Crippen molar-refractivity contribution in [2.24, 2.45) is 0 Å². The minimum atomic E-state index is -0.408. The molecule has 0 radical (unpaired) electrons. The van der Waals surface area contributed by atoms with E-state index in [4.69, 9.17) is 4.74 Å². The van der Waals surface area contributed by atoms with E-state index in [0.29, 0.717) is 31.7 Å². The van der Waals surface area contributed by atoms with Crippen LogP contribution >= 0.6 is 0 Å². The van der Waals surface area contributed by atoms with E-state index >= 15 is 0 Å². The molecule has 0 spiro atoms. The Morgan fingerprint density at radius 1 is 1.43 bits per heavy atom. The number of amides is 3. The normalized spacial score (nSPS) is 20.9. The highest BCUT2D eigenvalue weighted by molar-refractivity contribution is 6.20. The standard InChI is InChI=1S/C14H15N3O4/c1-2-21-14(20)16-7-5-9(8-16)17-12(18)10-4-3-6-15-11(10)13(17)19/h3-4,6,9H,2,5,7-8H2,1H3. The van der Waals surface area contributed by atoms with Gasteiger partial charge in [0.25, 0.3) is 11.8 Å². The van der Waals surface area contributed by atoms with Crippen LogP contribution in [0.5, 0.6) is 0 Å². The van der Waals surface area contributed by atoms with Crippen LogP contribution in [0.1, 0.15) is 34.2 Å². The number of fused-ring (bicyclic) bond motifs is 1. The van der Waals surface area contributed by atoms with Gasteiger partial charge in [0.05, 0.1) is 18.2 Å². The molecule has 0 saturated carbocycles. The van der Waals surface area contributed by atoms with E-state index in [0.717, 1.165) is 0 Å². The summed E-state index contributed by atoms with van der Waals surface area (Å²) in [6.45, 7) is 2.83. The first-order chi connectivity index (χ1) is 10.1. The van der Waals surface area contributed by atoms with E-state index in [-0.39, 0.29) is 23.6 Å². The van der Waals surface area contributed by atoms with Crippen LogP contribution in [0.2, 0.25) is 0 Å². The first-order valence-corrected chi connectivity index (χ1v) is 6.88. The van der Waals surface area contributed by atoms with Gasteiger partial charge < -0.3 is 9.64 Å². The average molecular weight is 289 g/mol. The number of carbonyl (C=O) groups is 3. The molecule has 1 unspecified atom stereocenters. The van der Waals surface area contributed by atoms with E-state index in [1.807, 2.05) is 0 Å². The van der Waals surface area contributed by atoms with Gasteiger partial charge in [-0.3, -0.25) is 19.5 Å². The van der Waals surface area contributed by atoms with E-state index in [9.17, 15) is 14.4 Å². The minimum absolute atomic E-state index is 0.192. The number of nitrogens with zero attached hydrogens (tertiary/aromatic N) is 3. The van der Waals surface area contributed by atoms with Crippen molar-refractivity contribution in [3.63, 3.8) is 0 Å². The van der Waals surface area contributed by atoms with Gasteiger partial charge in [-0.05, 0) is 25.5 Å². The zero-order valence-electron chi connectivity index (χ0n) is 11.6. The summed E-state index contributed by atoms with van der Waals surface area (Å²) in [5.41, 5.74) is 0.522. The number of hydrogen-bond acceptors (Lipinski definition) is 5. The third-order valence-corrected chi connectivity index (χ3v) is 3.73. The molecule has 2 aliphatic rings. The molecule has 1 aromatic heterocycles. The molecule has 3 heterocycles. The lowest BCUT2D eigenvalue weighted by molar-refractivity contribution is 0.0579. The van der Waals surface area contributed by atoms with E-state index in [1.54, 1.807) is 19.1 Å². The minimum Gasteiger partial charge on any atom is -0.450 e. The molecule has 0 aromatic carbocycles. The Hall–Kier alpha value is -2.44. The summed E-state index contributed by atoms with van der Waals surface area (Å²) >= 11 is 0. The summed E-state index contributed by atoms with van der Waals surface area (Å²) in [5, 5.41) is 0. The molecule has 1 saturated heterocycles. The zero-order valence-corrected chi connectivity index (χ0v) is 11.6. The van der Waals surface area contributed by atoms with Crippen LogP contribution in [0.15, 0.2) is 18.3 Å². The van der Waals surface area contributed by atoms with Gasteiger partial charge >= 0.3 is 6.09 Å². The van der Waals surface area contributed by atoms with Gasteiger partial charge in [0, 0.05) is 19.3 Å². The Kier molecular flexibility index (Phi) is 3.32. The third kappa shape index (κ3) is 2.14. The number of ether oxygens (including phenoxy) is 1. The largest absolute Gasteiger partial charge is 0.450 e. The number of aromatic nitrogens is 1. The van der Waals surface area contributed by atoms with Crippen LogP contribution in [-0.2, 0) is 4.74 Å². The third-order valence-electron chi connectivity index (χ3n) is 3.73. The van der Waals surface area contributed by atoms with Crippen molar-refractivity contribution in [1.82, 2.24) is 14.8 Å². The Labute approximate surface area is 121 Å². The van der Waals surface area contributed by atoms with Crippen LogP contribution in [0, 0.1) is 0 Å². The number of rotatable bonds is 2. The highest BCUT2D eigenvalue weighted by atomic mass is 16.6. The highest BCUT2D eigenvalue weighted by Gasteiger charge is 2.43. The number of imide groups is 1. The van der Waals surface area contributed by atoms with Gasteiger partial charge in [0.1, 0.15) is 5.69 Å². The van der Waals surface area contributed by atoms with Gasteiger partial charge in [-0.1, -0.05) is 0 Å². The van der Waals surface area contributed by atoms with E-state index < -0.39 is 6.09 Å². The molecule has 0 bridgehead atoms. The molecular weight excluding hydrogens is 274 g/mol. The van der Waals surface area contributed by atoms with Gasteiger partial charge in [-0.15, -0.1) is 0 Å². The summed E-state index contributed by atoms with van der Waals surface area (Å²) in [6, 6.07) is 2.91. The summed E-state index contributed by atoms with van der Waals surface area (Å²) < 4.78 is 4.94. The molecule has 3 amide bonds. The summed E-state index contributed by atoms with van der Waals surface area (Å²) in [6.07, 6.45) is 1.65. The lowest BCUT2D eigenvalue weighted by atomic mass is 10.2. The highest BCUT2D eigenvalue weighted by Crippen LogP contribution is 2.27. The Balaban J connectivity index is 1.77. The molecule has 110 valence electrons. The van der Waals surface area contributed by atoms with Gasteiger partial charge in [-0.25, -0.2) is 4.79 Å². The number of carbonyl (C=O) groups excluding carboxylic acids is 3.